The Bertz CT molecular complexity index is 583. The monoisotopic (exact) mass is 298 g/mol. The molecule has 2 nitrogen and oxygen atoms in total. The third-order valence-electron chi connectivity index (χ3n) is 3.04. The minimum absolute atomic E-state index is 0.0548. The van der Waals surface area contributed by atoms with Gasteiger partial charge in [-0.15, -0.1) is 11.3 Å². The molecule has 2 aromatic rings. The number of nitrogens with zero attached hydrogens (tertiary/aromatic N) is 1. The van der Waals surface area contributed by atoms with Gasteiger partial charge in [-0.1, -0.05) is 11.6 Å². The van der Waals surface area contributed by atoms with Crippen molar-refractivity contribution in [3.05, 3.63) is 50.2 Å². The van der Waals surface area contributed by atoms with Gasteiger partial charge >= 0.3 is 0 Å². The van der Waals surface area contributed by atoms with E-state index in [0.29, 0.717) is 17.0 Å². The average Bonchev–Trinajstić information content (AvgIpc) is 2.69. The van der Waals surface area contributed by atoms with E-state index >= 15 is 0 Å². The fourth-order valence-electron chi connectivity index (χ4n) is 2.12. The summed E-state index contributed by atoms with van der Waals surface area (Å²) in [5.74, 6) is -0.219. The van der Waals surface area contributed by atoms with Gasteiger partial charge in [0.1, 0.15) is 5.82 Å². The lowest BCUT2D eigenvalue weighted by Gasteiger charge is -2.16. The van der Waals surface area contributed by atoms with Gasteiger partial charge in [0.05, 0.1) is 10.7 Å². The normalized spacial score (nSPS) is 12.7. The summed E-state index contributed by atoms with van der Waals surface area (Å²) < 4.78 is 13.8. The molecule has 0 saturated heterocycles. The van der Waals surface area contributed by atoms with Crippen LogP contribution in [-0.2, 0) is 6.42 Å². The van der Waals surface area contributed by atoms with Gasteiger partial charge in [0.15, 0.2) is 0 Å². The van der Waals surface area contributed by atoms with Gasteiger partial charge in [0, 0.05) is 15.9 Å². The molecule has 0 bridgehead atoms. The SMILES string of the molecule is CNC(Cc1cc(Cl)ccc1F)c1sc(C)nc1C. The number of hydrogen-bond donors (Lipinski definition) is 1. The predicted molar refractivity (Wildman–Crippen MR) is 78.5 cm³/mol. The zero-order valence-electron chi connectivity index (χ0n) is 11.1. The molecule has 0 saturated carbocycles. The topological polar surface area (TPSA) is 24.9 Å². The molecule has 1 N–H and O–H groups in total. The Morgan fingerprint density at radius 3 is 2.74 bits per heavy atom. The highest BCUT2D eigenvalue weighted by molar-refractivity contribution is 7.11. The van der Waals surface area contributed by atoms with E-state index in [4.69, 9.17) is 11.6 Å². The predicted octanol–water partition coefficient (Wildman–Crippen LogP) is 4.06. The molecule has 5 heteroatoms. The Morgan fingerprint density at radius 1 is 1.42 bits per heavy atom. The molecule has 0 aliphatic heterocycles. The highest BCUT2D eigenvalue weighted by Crippen LogP contribution is 2.28. The lowest BCUT2D eigenvalue weighted by Crippen LogP contribution is -2.19. The number of likely N-dealkylation sites (N-methyl/N-ethyl adjacent to an activating group) is 1. The fraction of sp³-hybridized carbons (Fsp3) is 0.357. The van der Waals surface area contributed by atoms with Crippen molar-refractivity contribution in [2.24, 2.45) is 0 Å². The van der Waals surface area contributed by atoms with Crippen LogP contribution in [0.25, 0.3) is 0 Å². The van der Waals surface area contributed by atoms with Crippen LogP contribution in [0.2, 0.25) is 5.02 Å². The molecule has 1 atom stereocenters. The fourth-order valence-corrected chi connectivity index (χ4v) is 3.35. The van der Waals surface area contributed by atoms with E-state index in [2.05, 4.69) is 10.3 Å². The second-order valence-electron chi connectivity index (χ2n) is 4.46. The Balaban J connectivity index is 2.29. The summed E-state index contributed by atoms with van der Waals surface area (Å²) in [4.78, 5) is 5.57. The molecular weight excluding hydrogens is 283 g/mol. The van der Waals surface area contributed by atoms with Crippen LogP contribution in [0, 0.1) is 19.7 Å². The molecule has 102 valence electrons. The summed E-state index contributed by atoms with van der Waals surface area (Å²) in [7, 11) is 1.88. The van der Waals surface area contributed by atoms with Crippen LogP contribution in [0.3, 0.4) is 0 Å². The van der Waals surface area contributed by atoms with E-state index < -0.39 is 0 Å². The van der Waals surface area contributed by atoms with Gasteiger partial charge in [-0.3, -0.25) is 0 Å². The largest absolute Gasteiger partial charge is 0.312 e. The summed E-state index contributed by atoms with van der Waals surface area (Å²) in [5.41, 5.74) is 1.63. The molecule has 1 heterocycles. The van der Waals surface area contributed by atoms with Crippen LogP contribution in [0.15, 0.2) is 18.2 Å². The summed E-state index contributed by atoms with van der Waals surface area (Å²) in [6.07, 6.45) is 0.561. The highest BCUT2D eigenvalue weighted by Gasteiger charge is 2.18. The van der Waals surface area contributed by atoms with Crippen molar-refractivity contribution in [3.8, 4) is 0 Å². The van der Waals surface area contributed by atoms with Crippen molar-refractivity contribution < 1.29 is 4.39 Å². The quantitative estimate of drug-likeness (QED) is 0.921. The smallest absolute Gasteiger partial charge is 0.126 e. The van der Waals surface area contributed by atoms with Gasteiger partial charge in [0.25, 0.3) is 0 Å². The molecule has 2 rings (SSSR count). The Labute approximate surface area is 121 Å². The molecule has 0 aliphatic rings. The zero-order chi connectivity index (χ0) is 14.0. The summed E-state index contributed by atoms with van der Waals surface area (Å²) in [6.45, 7) is 3.96. The molecule has 0 fully saturated rings. The van der Waals surface area contributed by atoms with E-state index in [9.17, 15) is 4.39 Å². The Morgan fingerprint density at radius 2 is 2.16 bits per heavy atom. The van der Waals surface area contributed by atoms with Crippen molar-refractivity contribution in [2.75, 3.05) is 7.05 Å². The Kier molecular flexibility index (Phi) is 4.55. The summed E-state index contributed by atoms with van der Waals surface area (Å²) in [5, 5.41) is 4.81. The van der Waals surface area contributed by atoms with Crippen molar-refractivity contribution in [1.82, 2.24) is 10.3 Å². The second-order valence-corrected chi connectivity index (χ2v) is 6.13. The molecule has 1 aromatic carbocycles. The van der Waals surface area contributed by atoms with Crippen molar-refractivity contribution in [2.45, 2.75) is 26.3 Å². The third kappa shape index (κ3) is 3.32. The van der Waals surface area contributed by atoms with Crippen LogP contribution in [0.5, 0.6) is 0 Å². The maximum Gasteiger partial charge on any atom is 0.126 e. The first-order valence-electron chi connectivity index (χ1n) is 6.06. The lowest BCUT2D eigenvalue weighted by atomic mass is 10.0. The average molecular weight is 299 g/mol. The van der Waals surface area contributed by atoms with Crippen LogP contribution in [0.1, 0.15) is 27.2 Å². The maximum atomic E-state index is 13.8. The number of nitrogens with one attached hydrogen (secondary N) is 1. The first-order chi connectivity index (χ1) is 9.01. The number of halogens is 2. The van der Waals surface area contributed by atoms with Crippen LogP contribution in [0.4, 0.5) is 4.39 Å². The van der Waals surface area contributed by atoms with E-state index in [1.54, 1.807) is 23.5 Å². The molecule has 0 amide bonds. The minimum Gasteiger partial charge on any atom is -0.312 e. The number of thiazole rings is 1. The van der Waals surface area contributed by atoms with Crippen LogP contribution in [-0.4, -0.2) is 12.0 Å². The number of rotatable bonds is 4. The number of aromatic nitrogens is 1. The van der Waals surface area contributed by atoms with Crippen molar-refractivity contribution >= 4 is 22.9 Å². The second kappa shape index (κ2) is 5.99. The standard InChI is InChI=1S/C14H16ClFN2S/c1-8-14(19-9(2)18-8)13(17-3)7-10-6-11(15)4-5-12(10)16/h4-6,13,17H,7H2,1-3H3. The van der Waals surface area contributed by atoms with Gasteiger partial charge in [-0.05, 0) is 51.1 Å². The van der Waals surface area contributed by atoms with Crippen LogP contribution < -0.4 is 5.32 Å². The van der Waals surface area contributed by atoms with E-state index in [1.807, 2.05) is 20.9 Å². The van der Waals surface area contributed by atoms with Crippen molar-refractivity contribution in [1.29, 1.82) is 0 Å². The number of hydrogen-bond acceptors (Lipinski definition) is 3. The molecular formula is C14H16ClFN2S. The number of aryl methyl sites for hydroxylation is 2. The molecule has 1 aromatic heterocycles. The van der Waals surface area contributed by atoms with E-state index in [-0.39, 0.29) is 11.9 Å². The molecule has 19 heavy (non-hydrogen) atoms. The molecule has 0 spiro atoms. The van der Waals surface area contributed by atoms with Crippen LogP contribution >= 0.6 is 22.9 Å². The first kappa shape index (κ1) is 14.4. The summed E-state index contributed by atoms with van der Waals surface area (Å²) >= 11 is 7.58. The van der Waals surface area contributed by atoms with Gasteiger partial charge < -0.3 is 5.32 Å². The van der Waals surface area contributed by atoms with E-state index in [0.717, 1.165) is 15.6 Å². The Hall–Kier alpha value is -0.970. The minimum atomic E-state index is -0.219. The molecule has 1 unspecified atom stereocenters. The maximum absolute atomic E-state index is 13.8. The third-order valence-corrected chi connectivity index (χ3v) is 4.46. The van der Waals surface area contributed by atoms with Gasteiger partial charge in [-0.2, -0.15) is 0 Å². The highest BCUT2D eigenvalue weighted by atomic mass is 35.5. The first-order valence-corrected chi connectivity index (χ1v) is 7.26. The number of benzene rings is 1. The zero-order valence-corrected chi connectivity index (χ0v) is 12.7. The molecule has 0 radical (unpaired) electrons. The van der Waals surface area contributed by atoms with Gasteiger partial charge in [-0.25, -0.2) is 9.37 Å². The van der Waals surface area contributed by atoms with Gasteiger partial charge in [0.2, 0.25) is 0 Å². The van der Waals surface area contributed by atoms with E-state index in [1.165, 1.54) is 6.07 Å². The summed E-state index contributed by atoms with van der Waals surface area (Å²) in [6, 6.07) is 4.72. The lowest BCUT2D eigenvalue weighted by molar-refractivity contribution is 0.557. The van der Waals surface area contributed by atoms with Crippen molar-refractivity contribution in [3.63, 3.8) is 0 Å². The molecule has 0 aliphatic carbocycles.